The highest BCUT2D eigenvalue weighted by Gasteiger charge is 2.40. The first-order chi connectivity index (χ1) is 5.66. The summed E-state index contributed by atoms with van der Waals surface area (Å²) < 4.78 is 73.5. The summed E-state index contributed by atoms with van der Waals surface area (Å²) in [5.41, 5.74) is 0. The molecule has 0 aromatic carbocycles. The molecule has 0 heterocycles. The molecule has 0 unspecified atom stereocenters. The first-order valence-corrected chi connectivity index (χ1v) is 2.47. The average molecular weight is 212 g/mol. The van der Waals surface area contributed by atoms with E-state index in [1.165, 1.54) is 0 Å². The Morgan fingerprint density at radius 3 is 1.77 bits per heavy atom. The van der Waals surface area contributed by atoms with E-state index in [2.05, 4.69) is 16.1 Å². The third-order valence-corrected chi connectivity index (χ3v) is 0.552. The van der Waals surface area contributed by atoms with Crippen LogP contribution in [0, 0.1) is 0 Å². The topological polar surface area (TPSA) is 27.7 Å². The Morgan fingerprint density at radius 2 is 1.46 bits per heavy atom. The number of rotatable bonds is 4. The summed E-state index contributed by atoms with van der Waals surface area (Å²) in [7, 11) is 0. The smallest absolute Gasteiger partial charge is 0.375 e. The Balaban J connectivity index is 4.03. The van der Waals surface area contributed by atoms with Crippen LogP contribution < -0.4 is 0 Å². The Hall–Kier alpha value is -1.12. The van der Waals surface area contributed by atoms with Crippen LogP contribution in [-0.2, 0) is 14.4 Å². The van der Waals surface area contributed by atoms with Gasteiger partial charge in [0.25, 0.3) is 5.95 Å². The molecule has 0 rings (SSSR count). The average Bonchev–Trinajstić information content (AvgIpc) is 1.81. The van der Waals surface area contributed by atoms with Crippen LogP contribution >= 0.6 is 0 Å². The highest BCUT2D eigenvalue weighted by molar-refractivity contribution is 4.69. The van der Waals surface area contributed by atoms with Gasteiger partial charge in [0.2, 0.25) is 0 Å². The van der Waals surface area contributed by atoms with Gasteiger partial charge in [0.05, 0.1) is 0 Å². The lowest BCUT2D eigenvalue weighted by Gasteiger charge is -2.15. The van der Waals surface area contributed by atoms with Crippen molar-refractivity contribution in [3.8, 4) is 0 Å². The SMILES string of the molecule is C=C(OC(F)(F)F)OC(F)(F)OF. The van der Waals surface area contributed by atoms with Crippen LogP contribution in [0.15, 0.2) is 12.5 Å². The number of ether oxygens (including phenoxy) is 2. The summed E-state index contributed by atoms with van der Waals surface area (Å²) in [6, 6.07) is 0. The second-order valence-electron chi connectivity index (χ2n) is 1.56. The molecule has 0 aliphatic heterocycles. The predicted octanol–water partition coefficient (Wildman–Crippen LogP) is 2.46. The maximum atomic E-state index is 11.7. The van der Waals surface area contributed by atoms with E-state index in [-0.39, 0.29) is 0 Å². The van der Waals surface area contributed by atoms with Gasteiger partial charge in [0.1, 0.15) is 0 Å². The molecule has 0 fully saturated rings. The molecule has 0 radical (unpaired) electrons. The lowest BCUT2D eigenvalue weighted by atomic mass is 11.0. The predicted molar refractivity (Wildman–Crippen MR) is 24.5 cm³/mol. The third kappa shape index (κ3) is 6.08. The lowest BCUT2D eigenvalue weighted by Crippen LogP contribution is -2.24. The number of hydrogen-bond acceptors (Lipinski definition) is 3. The standard InChI is InChI=1S/C4H2F6O3/c1-2(11-3(5,6)7)12-4(8,9)13-10/h1H2. The highest BCUT2D eigenvalue weighted by Crippen LogP contribution is 2.26. The van der Waals surface area contributed by atoms with Gasteiger partial charge in [-0.25, -0.2) is 0 Å². The minimum atomic E-state index is -5.25. The minimum absolute atomic E-state index is 1.84. The maximum absolute atomic E-state index is 11.7. The Bertz CT molecular complexity index is 187. The van der Waals surface area contributed by atoms with E-state index in [0.717, 1.165) is 0 Å². The molecule has 0 aromatic rings. The van der Waals surface area contributed by atoms with Gasteiger partial charge in [-0.3, -0.25) is 0 Å². The van der Waals surface area contributed by atoms with E-state index in [0.29, 0.717) is 0 Å². The zero-order chi connectivity index (χ0) is 10.7. The van der Waals surface area contributed by atoms with Crippen LogP contribution in [0.3, 0.4) is 0 Å². The Kier molecular flexibility index (Phi) is 3.41. The lowest BCUT2D eigenvalue weighted by molar-refractivity contribution is -0.470. The fourth-order valence-electron chi connectivity index (χ4n) is 0.298. The largest absolute Gasteiger partial charge is 0.575 e. The summed E-state index contributed by atoms with van der Waals surface area (Å²) >= 11 is 0. The summed E-state index contributed by atoms with van der Waals surface area (Å²) in [4.78, 5) is 1.86. The molecule has 9 heteroatoms. The molecule has 13 heavy (non-hydrogen) atoms. The maximum Gasteiger partial charge on any atom is 0.575 e. The van der Waals surface area contributed by atoms with Crippen molar-refractivity contribution in [3.05, 3.63) is 12.5 Å². The molecule has 3 nitrogen and oxygen atoms in total. The van der Waals surface area contributed by atoms with Crippen molar-refractivity contribution in [3.63, 3.8) is 0 Å². The van der Waals surface area contributed by atoms with Gasteiger partial charge in [-0.05, 0) is 11.1 Å². The van der Waals surface area contributed by atoms with Gasteiger partial charge >= 0.3 is 12.7 Å². The van der Waals surface area contributed by atoms with Crippen LogP contribution in [0.25, 0.3) is 0 Å². The van der Waals surface area contributed by atoms with Crippen molar-refractivity contribution in [2.45, 2.75) is 12.7 Å². The van der Waals surface area contributed by atoms with Crippen molar-refractivity contribution in [1.82, 2.24) is 0 Å². The summed E-state index contributed by atoms with van der Waals surface area (Å²) in [6.45, 7) is 2.28. The van der Waals surface area contributed by atoms with Crippen LogP contribution in [0.4, 0.5) is 26.5 Å². The van der Waals surface area contributed by atoms with Gasteiger partial charge in [0.15, 0.2) is 0 Å². The van der Waals surface area contributed by atoms with E-state index >= 15 is 0 Å². The zero-order valence-corrected chi connectivity index (χ0v) is 5.70. The Labute approximate surface area is 67.4 Å². The van der Waals surface area contributed by atoms with Crippen molar-refractivity contribution in [1.29, 1.82) is 0 Å². The van der Waals surface area contributed by atoms with Crippen molar-refractivity contribution in [2.75, 3.05) is 0 Å². The molecule has 0 bridgehead atoms. The number of hydrogen-bond donors (Lipinski definition) is 0. The number of alkyl halides is 5. The monoisotopic (exact) mass is 212 g/mol. The third-order valence-electron chi connectivity index (χ3n) is 0.552. The molecule has 0 saturated carbocycles. The molecule has 0 aromatic heterocycles. The molecule has 0 saturated heterocycles. The van der Waals surface area contributed by atoms with E-state index in [9.17, 15) is 26.5 Å². The second kappa shape index (κ2) is 3.73. The molecule has 0 atom stereocenters. The molecule has 0 spiro atoms. The van der Waals surface area contributed by atoms with Gasteiger partial charge in [-0.1, -0.05) is 4.94 Å². The first-order valence-electron chi connectivity index (χ1n) is 2.47. The van der Waals surface area contributed by atoms with Gasteiger partial charge in [-0.15, -0.1) is 22.0 Å². The molecule has 0 amide bonds. The fraction of sp³-hybridized carbons (Fsp3) is 0.500. The van der Waals surface area contributed by atoms with Crippen molar-refractivity contribution < 1.29 is 40.9 Å². The summed E-state index contributed by atoms with van der Waals surface area (Å²) in [6.07, 6.45) is -10.1. The highest BCUT2D eigenvalue weighted by atomic mass is 19.4. The van der Waals surface area contributed by atoms with Crippen LogP contribution in [-0.4, -0.2) is 12.7 Å². The van der Waals surface area contributed by atoms with Crippen LogP contribution in [0.5, 0.6) is 0 Å². The number of halogens is 6. The zero-order valence-electron chi connectivity index (χ0n) is 5.70. The Morgan fingerprint density at radius 1 is 1.00 bits per heavy atom. The molecule has 0 aliphatic carbocycles. The molecule has 0 N–H and O–H groups in total. The summed E-state index contributed by atoms with van der Waals surface area (Å²) in [5, 5.41) is 0. The van der Waals surface area contributed by atoms with Crippen LogP contribution in [0.2, 0.25) is 0 Å². The molecular formula is C4H2F6O3. The molecule has 0 aliphatic rings. The fourth-order valence-corrected chi connectivity index (χ4v) is 0.298. The normalized spacial score (nSPS) is 12.5. The second-order valence-corrected chi connectivity index (χ2v) is 1.56. The van der Waals surface area contributed by atoms with E-state index in [4.69, 9.17) is 0 Å². The van der Waals surface area contributed by atoms with Crippen molar-refractivity contribution in [2.24, 2.45) is 0 Å². The minimum Gasteiger partial charge on any atom is -0.375 e. The van der Waals surface area contributed by atoms with E-state index in [1.54, 1.807) is 0 Å². The summed E-state index contributed by atoms with van der Waals surface area (Å²) in [5.74, 6) is -1.84. The first kappa shape index (κ1) is 11.9. The van der Waals surface area contributed by atoms with Crippen LogP contribution in [0.1, 0.15) is 0 Å². The molecule has 78 valence electrons. The van der Waals surface area contributed by atoms with Gasteiger partial charge < -0.3 is 9.47 Å². The van der Waals surface area contributed by atoms with Gasteiger partial charge in [-0.2, -0.15) is 0 Å². The molecular weight excluding hydrogens is 210 g/mol. The van der Waals surface area contributed by atoms with E-state index in [1.807, 2.05) is 4.94 Å². The quantitative estimate of drug-likeness (QED) is 0.407. The van der Waals surface area contributed by atoms with Crippen molar-refractivity contribution >= 4 is 0 Å². The van der Waals surface area contributed by atoms with E-state index < -0.39 is 18.6 Å². The van der Waals surface area contributed by atoms with Gasteiger partial charge in [0, 0.05) is 0 Å².